The van der Waals surface area contributed by atoms with Crippen LogP contribution in [0.1, 0.15) is 66.2 Å². The van der Waals surface area contributed by atoms with E-state index in [9.17, 15) is 0 Å². The summed E-state index contributed by atoms with van der Waals surface area (Å²) in [6, 6.07) is 0.608. The average Bonchev–Trinajstić information content (AvgIpc) is 2.15. The topological polar surface area (TPSA) is 38.0 Å². The van der Waals surface area contributed by atoms with Crippen LogP contribution < -0.4 is 11.1 Å². The van der Waals surface area contributed by atoms with E-state index in [0.29, 0.717) is 6.04 Å². The molecule has 0 aromatic heterocycles. The SMILES string of the molecule is CCCCCC(C)NCC(C)(N)CCC. The summed E-state index contributed by atoms with van der Waals surface area (Å²) in [5.74, 6) is 0. The number of hydrogen-bond acceptors (Lipinski definition) is 2. The van der Waals surface area contributed by atoms with Crippen LogP contribution in [0, 0.1) is 0 Å². The largest absolute Gasteiger partial charge is 0.324 e. The highest BCUT2D eigenvalue weighted by Gasteiger charge is 2.17. The van der Waals surface area contributed by atoms with Gasteiger partial charge in [0.15, 0.2) is 0 Å². The zero-order valence-corrected chi connectivity index (χ0v) is 11.1. The van der Waals surface area contributed by atoms with Gasteiger partial charge in [-0.1, -0.05) is 39.5 Å². The van der Waals surface area contributed by atoms with Crippen molar-refractivity contribution in [2.45, 2.75) is 77.8 Å². The summed E-state index contributed by atoms with van der Waals surface area (Å²) in [6.07, 6.45) is 7.52. The summed E-state index contributed by atoms with van der Waals surface area (Å²) < 4.78 is 0. The molecular formula is C13H30N2. The molecule has 0 aliphatic rings. The van der Waals surface area contributed by atoms with E-state index in [0.717, 1.165) is 13.0 Å². The Labute approximate surface area is 96.0 Å². The summed E-state index contributed by atoms with van der Waals surface area (Å²) in [7, 11) is 0. The molecule has 0 aliphatic carbocycles. The van der Waals surface area contributed by atoms with Crippen LogP contribution in [0.5, 0.6) is 0 Å². The lowest BCUT2D eigenvalue weighted by molar-refractivity contribution is 0.365. The standard InChI is InChI=1S/C13H30N2/c1-5-7-8-9-12(3)15-11-13(4,14)10-6-2/h12,15H,5-11,14H2,1-4H3. The summed E-state index contributed by atoms with van der Waals surface area (Å²) >= 11 is 0. The summed E-state index contributed by atoms with van der Waals surface area (Å²) in [6.45, 7) is 9.78. The molecular weight excluding hydrogens is 184 g/mol. The van der Waals surface area contributed by atoms with Gasteiger partial charge in [0.1, 0.15) is 0 Å². The minimum atomic E-state index is -0.0340. The molecule has 0 rings (SSSR count). The first-order valence-electron chi connectivity index (χ1n) is 6.54. The van der Waals surface area contributed by atoms with Gasteiger partial charge in [-0.15, -0.1) is 0 Å². The molecule has 0 saturated carbocycles. The second-order valence-electron chi connectivity index (χ2n) is 5.18. The van der Waals surface area contributed by atoms with Gasteiger partial charge in [-0.05, 0) is 26.7 Å². The Morgan fingerprint density at radius 2 is 1.87 bits per heavy atom. The first kappa shape index (κ1) is 14.9. The third kappa shape index (κ3) is 8.88. The minimum absolute atomic E-state index is 0.0340. The van der Waals surface area contributed by atoms with Crippen LogP contribution in [0.15, 0.2) is 0 Å². The maximum atomic E-state index is 6.17. The highest BCUT2D eigenvalue weighted by Crippen LogP contribution is 2.08. The molecule has 15 heavy (non-hydrogen) atoms. The molecule has 0 spiro atoms. The highest BCUT2D eigenvalue weighted by atomic mass is 15.0. The third-order valence-electron chi connectivity index (χ3n) is 2.92. The zero-order valence-electron chi connectivity index (χ0n) is 11.1. The van der Waals surface area contributed by atoms with Crippen molar-refractivity contribution < 1.29 is 0 Å². The fraction of sp³-hybridized carbons (Fsp3) is 1.00. The quantitative estimate of drug-likeness (QED) is 0.579. The van der Waals surface area contributed by atoms with Gasteiger partial charge in [0.05, 0.1) is 0 Å². The second-order valence-corrected chi connectivity index (χ2v) is 5.18. The van der Waals surface area contributed by atoms with E-state index in [2.05, 4.69) is 33.0 Å². The molecule has 92 valence electrons. The molecule has 0 saturated heterocycles. The first-order chi connectivity index (χ1) is 7.02. The Bertz CT molecular complexity index is 143. The van der Waals surface area contributed by atoms with Crippen LogP contribution >= 0.6 is 0 Å². The molecule has 0 fully saturated rings. The molecule has 2 nitrogen and oxygen atoms in total. The predicted molar refractivity (Wildman–Crippen MR) is 69.1 cm³/mol. The average molecular weight is 214 g/mol. The molecule has 0 aromatic carbocycles. The fourth-order valence-electron chi connectivity index (χ4n) is 1.87. The van der Waals surface area contributed by atoms with Gasteiger partial charge in [-0.25, -0.2) is 0 Å². The zero-order chi connectivity index (χ0) is 11.7. The lowest BCUT2D eigenvalue weighted by Gasteiger charge is -2.26. The number of unbranched alkanes of at least 4 members (excludes halogenated alkanes) is 2. The van der Waals surface area contributed by atoms with Crippen LogP contribution in [0.3, 0.4) is 0 Å². The van der Waals surface area contributed by atoms with Gasteiger partial charge in [0.2, 0.25) is 0 Å². The first-order valence-corrected chi connectivity index (χ1v) is 6.54. The Kier molecular flexibility index (Phi) is 8.07. The van der Waals surface area contributed by atoms with E-state index in [1.807, 2.05) is 0 Å². The van der Waals surface area contributed by atoms with Crippen molar-refractivity contribution in [2.75, 3.05) is 6.54 Å². The predicted octanol–water partition coefficient (Wildman–Crippen LogP) is 3.06. The highest BCUT2D eigenvalue weighted by molar-refractivity contribution is 4.81. The molecule has 0 aromatic rings. The molecule has 2 atom stereocenters. The molecule has 0 radical (unpaired) electrons. The molecule has 0 bridgehead atoms. The Morgan fingerprint density at radius 1 is 1.20 bits per heavy atom. The van der Waals surface area contributed by atoms with E-state index >= 15 is 0 Å². The Balaban J connectivity index is 3.55. The van der Waals surface area contributed by atoms with Crippen molar-refractivity contribution >= 4 is 0 Å². The fourth-order valence-corrected chi connectivity index (χ4v) is 1.87. The summed E-state index contributed by atoms with van der Waals surface area (Å²) in [5, 5.41) is 3.54. The lowest BCUT2D eigenvalue weighted by atomic mass is 9.97. The van der Waals surface area contributed by atoms with E-state index in [-0.39, 0.29) is 5.54 Å². The van der Waals surface area contributed by atoms with Crippen LogP contribution in [0.4, 0.5) is 0 Å². The maximum Gasteiger partial charge on any atom is 0.0252 e. The van der Waals surface area contributed by atoms with Crippen LogP contribution in [-0.4, -0.2) is 18.1 Å². The lowest BCUT2D eigenvalue weighted by Crippen LogP contribution is -2.48. The smallest absolute Gasteiger partial charge is 0.0252 e. The molecule has 2 heteroatoms. The van der Waals surface area contributed by atoms with E-state index < -0.39 is 0 Å². The number of hydrogen-bond donors (Lipinski definition) is 2. The summed E-state index contributed by atoms with van der Waals surface area (Å²) in [4.78, 5) is 0. The van der Waals surface area contributed by atoms with Crippen molar-refractivity contribution in [1.82, 2.24) is 5.32 Å². The van der Waals surface area contributed by atoms with Gasteiger partial charge in [0.25, 0.3) is 0 Å². The molecule has 3 N–H and O–H groups in total. The number of nitrogens with two attached hydrogens (primary N) is 1. The van der Waals surface area contributed by atoms with E-state index in [1.165, 1.54) is 32.1 Å². The van der Waals surface area contributed by atoms with Crippen LogP contribution in [0.25, 0.3) is 0 Å². The Morgan fingerprint density at radius 3 is 2.40 bits per heavy atom. The molecule has 0 aliphatic heterocycles. The van der Waals surface area contributed by atoms with Crippen molar-refractivity contribution in [3.05, 3.63) is 0 Å². The number of nitrogens with one attached hydrogen (secondary N) is 1. The van der Waals surface area contributed by atoms with Gasteiger partial charge in [-0.2, -0.15) is 0 Å². The van der Waals surface area contributed by atoms with Gasteiger partial charge < -0.3 is 11.1 Å². The van der Waals surface area contributed by atoms with Crippen molar-refractivity contribution in [2.24, 2.45) is 5.73 Å². The minimum Gasteiger partial charge on any atom is -0.324 e. The van der Waals surface area contributed by atoms with E-state index in [1.54, 1.807) is 0 Å². The van der Waals surface area contributed by atoms with Gasteiger partial charge in [-0.3, -0.25) is 0 Å². The maximum absolute atomic E-state index is 6.17. The van der Waals surface area contributed by atoms with Gasteiger partial charge in [0, 0.05) is 18.1 Å². The van der Waals surface area contributed by atoms with E-state index in [4.69, 9.17) is 5.73 Å². The normalized spacial score (nSPS) is 17.4. The second kappa shape index (κ2) is 8.12. The van der Waals surface area contributed by atoms with Gasteiger partial charge >= 0.3 is 0 Å². The van der Waals surface area contributed by atoms with Crippen molar-refractivity contribution in [1.29, 1.82) is 0 Å². The third-order valence-corrected chi connectivity index (χ3v) is 2.92. The Hall–Kier alpha value is -0.0800. The summed E-state index contributed by atoms with van der Waals surface area (Å²) in [5.41, 5.74) is 6.13. The number of rotatable bonds is 9. The van der Waals surface area contributed by atoms with Crippen molar-refractivity contribution in [3.8, 4) is 0 Å². The van der Waals surface area contributed by atoms with Crippen LogP contribution in [-0.2, 0) is 0 Å². The van der Waals surface area contributed by atoms with Crippen molar-refractivity contribution in [3.63, 3.8) is 0 Å². The molecule has 2 unspecified atom stereocenters. The monoisotopic (exact) mass is 214 g/mol. The molecule has 0 amide bonds. The molecule has 0 heterocycles. The van der Waals surface area contributed by atoms with Crippen LogP contribution in [0.2, 0.25) is 0 Å².